The molecule has 0 bridgehead atoms. The molecule has 1 aliphatic carbocycles. The van der Waals surface area contributed by atoms with Gasteiger partial charge in [0.15, 0.2) is 0 Å². The Balaban J connectivity index is 1.54. The number of nitrogens with zero attached hydrogens (tertiary/aromatic N) is 1. The van der Waals surface area contributed by atoms with E-state index in [9.17, 15) is 0 Å². The first-order valence-corrected chi connectivity index (χ1v) is 8.62. The Labute approximate surface area is 122 Å². The van der Waals surface area contributed by atoms with Crippen molar-refractivity contribution in [1.29, 1.82) is 0 Å². The van der Waals surface area contributed by atoms with Gasteiger partial charge in [0.1, 0.15) is 0 Å². The molecule has 0 aromatic carbocycles. The summed E-state index contributed by atoms with van der Waals surface area (Å²) in [5, 5.41) is 7.98. The second-order valence-electron chi connectivity index (χ2n) is 6.04. The zero-order valence-corrected chi connectivity index (χ0v) is 13.2. The molecule has 0 saturated heterocycles. The molecule has 1 aromatic heterocycles. The lowest BCUT2D eigenvalue weighted by atomic mass is 9.86. The molecule has 19 heavy (non-hydrogen) atoms. The normalized spacial score (nSPS) is 23.9. The van der Waals surface area contributed by atoms with Crippen LogP contribution in [0, 0.1) is 5.92 Å². The predicted molar refractivity (Wildman–Crippen MR) is 84.9 cm³/mol. The van der Waals surface area contributed by atoms with Gasteiger partial charge in [0.25, 0.3) is 0 Å². The highest BCUT2D eigenvalue weighted by Crippen LogP contribution is 2.26. The van der Waals surface area contributed by atoms with E-state index in [4.69, 9.17) is 0 Å². The van der Waals surface area contributed by atoms with E-state index in [1.807, 2.05) is 0 Å². The third kappa shape index (κ3) is 5.25. The maximum Gasteiger partial charge on any atom is 0.0107 e. The zero-order valence-electron chi connectivity index (χ0n) is 12.4. The topological polar surface area (TPSA) is 15.3 Å². The van der Waals surface area contributed by atoms with Crippen LogP contribution in [0.2, 0.25) is 0 Å². The standard InChI is InChI=1S/C16H28N2S/c1-14-4-3-5-16(12-14)18(2)10-9-17-8-6-15-7-11-19-13-15/h7,11,13-14,16-17H,3-6,8-10,12H2,1-2H3. The van der Waals surface area contributed by atoms with Gasteiger partial charge in [-0.3, -0.25) is 0 Å². The molecule has 0 spiro atoms. The van der Waals surface area contributed by atoms with Gasteiger partial charge in [0.2, 0.25) is 0 Å². The average Bonchev–Trinajstić information content (AvgIpc) is 2.91. The Bertz CT molecular complexity index is 337. The highest BCUT2D eigenvalue weighted by Gasteiger charge is 2.21. The van der Waals surface area contributed by atoms with E-state index in [-0.39, 0.29) is 0 Å². The molecule has 2 rings (SSSR count). The summed E-state index contributed by atoms with van der Waals surface area (Å²) >= 11 is 1.79. The third-order valence-corrected chi connectivity index (χ3v) is 5.08. The van der Waals surface area contributed by atoms with Crippen molar-refractivity contribution in [2.24, 2.45) is 5.92 Å². The number of hydrogen-bond donors (Lipinski definition) is 1. The predicted octanol–water partition coefficient (Wildman–Crippen LogP) is 3.39. The van der Waals surface area contributed by atoms with Crippen LogP contribution < -0.4 is 5.32 Å². The fraction of sp³-hybridized carbons (Fsp3) is 0.750. The van der Waals surface area contributed by atoms with Gasteiger partial charge in [0, 0.05) is 19.1 Å². The van der Waals surface area contributed by atoms with Gasteiger partial charge in [-0.25, -0.2) is 0 Å². The highest BCUT2D eigenvalue weighted by atomic mass is 32.1. The first-order chi connectivity index (χ1) is 9.25. The van der Waals surface area contributed by atoms with Gasteiger partial charge in [-0.05, 0) is 61.2 Å². The van der Waals surface area contributed by atoms with Crippen molar-refractivity contribution in [2.45, 2.75) is 45.1 Å². The fourth-order valence-corrected chi connectivity index (χ4v) is 3.74. The van der Waals surface area contributed by atoms with Gasteiger partial charge in [-0.2, -0.15) is 11.3 Å². The summed E-state index contributed by atoms with van der Waals surface area (Å²) in [4.78, 5) is 2.56. The van der Waals surface area contributed by atoms with Crippen molar-refractivity contribution < 1.29 is 0 Å². The first kappa shape index (κ1) is 15.0. The third-order valence-electron chi connectivity index (χ3n) is 4.34. The molecule has 1 fully saturated rings. The summed E-state index contributed by atoms with van der Waals surface area (Å²) in [5.74, 6) is 0.924. The number of hydrogen-bond acceptors (Lipinski definition) is 3. The van der Waals surface area contributed by atoms with Gasteiger partial charge in [0.05, 0.1) is 0 Å². The molecule has 1 aliphatic rings. The van der Waals surface area contributed by atoms with Crippen LogP contribution in [-0.4, -0.2) is 37.6 Å². The Morgan fingerprint density at radius 3 is 3.00 bits per heavy atom. The fourth-order valence-electron chi connectivity index (χ4n) is 3.03. The molecule has 1 aromatic rings. The quantitative estimate of drug-likeness (QED) is 0.770. The van der Waals surface area contributed by atoms with E-state index in [1.54, 1.807) is 11.3 Å². The number of thiophene rings is 1. The van der Waals surface area contributed by atoms with Gasteiger partial charge in [-0.15, -0.1) is 0 Å². The summed E-state index contributed by atoms with van der Waals surface area (Å²) in [6, 6.07) is 3.05. The highest BCUT2D eigenvalue weighted by molar-refractivity contribution is 7.07. The Morgan fingerprint density at radius 1 is 1.37 bits per heavy atom. The number of likely N-dealkylation sites (N-methyl/N-ethyl adjacent to an activating group) is 1. The van der Waals surface area contributed by atoms with Crippen LogP contribution >= 0.6 is 11.3 Å². The monoisotopic (exact) mass is 280 g/mol. The smallest absolute Gasteiger partial charge is 0.0107 e. The lowest BCUT2D eigenvalue weighted by Crippen LogP contribution is -2.39. The van der Waals surface area contributed by atoms with Gasteiger partial charge >= 0.3 is 0 Å². The van der Waals surface area contributed by atoms with Crippen LogP contribution in [0.25, 0.3) is 0 Å². The molecule has 1 saturated carbocycles. The average molecular weight is 280 g/mol. The van der Waals surface area contributed by atoms with Crippen LogP contribution in [0.3, 0.4) is 0 Å². The molecule has 0 aliphatic heterocycles. The Kier molecular flexibility index (Phi) is 6.35. The summed E-state index contributed by atoms with van der Waals surface area (Å²) in [6.45, 7) is 5.80. The summed E-state index contributed by atoms with van der Waals surface area (Å²) in [7, 11) is 2.29. The van der Waals surface area contributed by atoms with E-state index < -0.39 is 0 Å². The van der Waals surface area contributed by atoms with Crippen molar-refractivity contribution in [2.75, 3.05) is 26.7 Å². The lowest BCUT2D eigenvalue weighted by molar-refractivity contribution is 0.165. The van der Waals surface area contributed by atoms with Crippen LogP contribution in [0.1, 0.15) is 38.2 Å². The van der Waals surface area contributed by atoms with Crippen LogP contribution in [0.4, 0.5) is 0 Å². The molecular weight excluding hydrogens is 252 g/mol. The molecule has 3 heteroatoms. The second-order valence-corrected chi connectivity index (χ2v) is 6.82. The van der Waals surface area contributed by atoms with Crippen molar-refractivity contribution >= 4 is 11.3 Å². The first-order valence-electron chi connectivity index (χ1n) is 7.67. The minimum absolute atomic E-state index is 0.822. The van der Waals surface area contributed by atoms with Crippen molar-refractivity contribution in [3.8, 4) is 0 Å². The van der Waals surface area contributed by atoms with Gasteiger partial charge < -0.3 is 10.2 Å². The Hall–Kier alpha value is -0.380. The summed E-state index contributed by atoms with van der Waals surface area (Å²) in [6.07, 6.45) is 6.81. The van der Waals surface area contributed by atoms with Crippen LogP contribution in [0.15, 0.2) is 16.8 Å². The van der Waals surface area contributed by atoms with E-state index >= 15 is 0 Å². The van der Waals surface area contributed by atoms with E-state index in [0.29, 0.717) is 0 Å². The molecular formula is C16H28N2S. The number of nitrogens with one attached hydrogen (secondary N) is 1. The summed E-state index contributed by atoms with van der Waals surface area (Å²) in [5.41, 5.74) is 1.46. The molecule has 1 heterocycles. The molecule has 2 atom stereocenters. The zero-order chi connectivity index (χ0) is 13.5. The van der Waals surface area contributed by atoms with Crippen LogP contribution in [-0.2, 0) is 6.42 Å². The maximum atomic E-state index is 3.57. The molecule has 2 unspecified atom stereocenters. The van der Waals surface area contributed by atoms with E-state index in [2.05, 4.69) is 41.0 Å². The van der Waals surface area contributed by atoms with E-state index in [1.165, 1.54) is 37.8 Å². The largest absolute Gasteiger partial charge is 0.315 e. The molecule has 0 amide bonds. The molecule has 0 radical (unpaired) electrons. The summed E-state index contributed by atoms with van der Waals surface area (Å²) < 4.78 is 0. The minimum atomic E-state index is 0.822. The SMILES string of the molecule is CC1CCCC(N(C)CCNCCc2ccsc2)C1. The Morgan fingerprint density at radius 2 is 2.26 bits per heavy atom. The lowest BCUT2D eigenvalue weighted by Gasteiger charge is -2.34. The molecule has 1 N–H and O–H groups in total. The van der Waals surface area contributed by atoms with E-state index in [0.717, 1.165) is 31.5 Å². The molecule has 2 nitrogen and oxygen atoms in total. The maximum absolute atomic E-state index is 3.57. The van der Waals surface area contributed by atoms with Crippen LogP contribution in [0.5, 0.6) is 0 Å². The van der Waals surface area contributed by atoms with Crippen molar-refractivity contribution in [1.82, 2.24) is 10.2 Å². The van der Waals surface area contributed by atoms with Crippen molar-refractivity contribution in [3.63, 3.8) is 0 Å². The minimum Gasteiger partial charge on any atom is -0.315 e. The number of rotatable bonds is 7. The second kappa shape index (κ2) is 8.03. The van der Waals surface area contributed by atoms with Crippen molar-refractivity contribution in [3.05, 3.63) is 22.4 Å². The van der Waals surface area contributed by atoms with Gasteiger partial charge in [-0.1, -0.05) is 19.8 Å². The molecule has 108 valence electrons.